The smallest absolute Gasteiger partial charge is 0.328 e. The highest BCUT2D eigenvalue weighted by Gasteiger charge is 2.19. The summed E-state index contributed by atoms with van der Waals surface area (Å²) in [6.45, 7) is 0. The van der Waals surface area contributed by atoms with Gasteiger partial charge in [0, 0.05) is 24.2 Å². The molecule has 0 spiro atoms. The van der Waals surface area contributed by atoms with E-state index in [4.69, 9.17) is 4.74 Å². The highest BCUT2D eigenvalue weighted by Crippen LogP contribution is 2.17. The Balaban J connectivity index is 2.12. The number of ether oxygens (including phenoxy) is 1. The van der Waals surface area contributed by atoms with Crippen molar-refractivity contribution >= 4 is 17.3 Å². The summed E-state index contributed by atoms with van der Waals surface area (Å²) >= 11 is 0. The van der Waals surface area contributed by atoms with Gasteiger partial charge >= 0.3 is 5.97 Å². The third kappa shape index (κ3) is 4.05. The van der Waals surface area contributed by atoms with Crippen molar-refractivity contribution in [1.29, 1.82) is 0 Å². The number of nitrogens with one attached hydrogen (secondary N) is 1. The van der Waals surface area contributed by atoms with E-state index < -0.39 is 11.0 Å². The predicted molar refractivity (Wildman–Crippen MR) is 82.7 cm³/mol. The molecule has 0 aromatic heterocycles. The van der Waals surface area contributed by atoms with E-state index in [-0.39, 0.29) is 11.7 Å². The molecule has 0 radical (unpaired) electrons. The van der Waals surface area contributed by atoms with Crippen LogP contribution in [-0.2, 0) is 16.0 Å². The summed E-state index contributed by atoms with van der Waals surface area (Å²) in [5, 5.41) is 13.7. The monoisotopic (exact) mass is 300 g/mol. The molecule has 1 N–H and O–H groups in total. The zero-order chi connectivity index (χ0) is 15.9. The van der Waals surface area contributed by atoms with E-state index in [2.05, 4.69) is 5.32 Å². The molecule has 0 saturated carbocycles. The van der Waals surface area contributed by atoms with E-state index >= 15 is 0 Å². The van der Waals surface area contributed by atoms with Gasteiger partial charge in [-0.05, 0) is 17.7 Å². The minimum absolute atomic E-state index is 0.00299. The molecule has 6 nitrogen and oxygen atoms in total. The van der Waals surface area contributed by atoms with Gasteiger partial charge in [-0.1, -0.05) is 30.3 Å². The number of hydrogen-bond donors (Lipinski definition) is 1. The first-order valence-corrected chi connectivity index (χ1v) is 6.73. The highest BCUT2D eigenvalue weighted by molar-refractivity contribution is 5.79. The van der Waals surface area contributed by atoms with Crippen molar-refractivity contribution in [1.82, 2.24) is 0 Å². The van der Waals surface area contributed by atoms with Gasteiger partial charge in [-0.3, -0.25) is 10.1 Å². The summed E-state index contributed by atoms with van der Waals surface area (Å²) in [6, 6.07) is 14.9. The number of hydrogen-bond acceptors (Lipinski definition) is 5. The standard InChI is InChI=1S/C16H16N2O4/c1-22-16(19)15(11-12-5-3-2-4-6-12)17-13-7-9-14(10-8-13)18(20)21/h2-10,15,17H,11H2,1H3. The Kier molecular flexibility index (Phi) is 5.08. The number of anilines is 1. The van der Waals surface area contributed by atoms with Crippen LogP contribution in [0.5, 0.6) is 0 Å². The number of carbonyl (C=O) groups is 1. The lowest BCUT2D eigenvalue weighted by atomic mass is 10.1. The van der Waals surface area contributed by atoms with Crippen LogP contribution >= 0.6 is 0 Å². The minimum atomic E-state index is -0.561. The number of esters is 1. The second kappa shape index (κ2) is 7.21. The van der Waals surface area contributed by atoms with E-state index in [1.807, 2.05) is 30.3 Å². The summed E-state index contributed by atoms with van der Waals surface area (Å²) in [6.07, 6.45) is 0.463. The summed E-state index contributed by atoms with van der Waals surface area (Å²) < 4.78 is 4.81. The lowest BCUT2D eigenvalue weighted by Gasteiger charge is -2.17. The Bertz CT molecular complexity index is 641. The third-order valence-corrected chi connectivity index (χ3v) is 3.19. The lowest BCUT2D eigenvalue weighted by Crippen LogP contribution is -2.32. The molecule has 2 rings (SSSR count). The van der Waals surface area contributed by atoms with Crippen molar-refractivity contribution in [3.05, 3.63) is 70.3 Å². The molecule has 0 aliphatic rings. The fourth-order valence-corrected chi connectivity index (χ4v) is 2.07. The fourth-order valence-electron chi connectivity index (χ4n) is 2.07. The summed E-state index contributed by atoms with van der Waals surface area (Å²) in [7, 11) is 1.33. The summed E-state index contributed by atoms with van der Waals surface area (Å²) in [4.78, 5) is 22.1. The largest absolute Gasteiger partial charge is 0.467 e. The fraction of sp³-hybridized carbons (Fsp3) is 0.188. The topological polar surface area (TPSA) is 81.5 Å². The number of rotatable bonds is 6. The second-order valence-corrected chi connectivity index (χ2v) is 4.71. The van der Waals surface area contributed by atoms with Gasteiger partial charge in [0.05, 0.1) is 12.0 Å². The Morgan fingerprint density at radius 1 is 1.18 bits per heavy atom. The Hall–Kier alpha value is -2.89. The Morgan fingerprint density at radius 3 is 2.36 bits per heavy atom. The molecule has 114 valence electrons. The molecule has 0 bridgehead atoms. The molecule has 0 aliphatic carbocycles. The average Bonchev–Trinajstić information content (AvgIpc) is 2.55. The minimum Gasteiger partial charge on any atom is -0.467 e. The van der Waals surface area contributed by atoms with Gasteiger partial charge in [0.1, 0.15) is 6.04 Å². The van der Waals surface area contributed by atoms with Crippen molar-refractivity contribution in [3.8, 4) is 0 Å². The van der Waals surface area contributed by atoms with Crippen LogP contribution in [0.15, 0.2) is 54.6 Å². The number of nitrogens with zero attached hydrogens (tertiary/aromatic N) is 1. The first-order chi connectivity index (χ1) is 10.6. The molecule has 0 aliphatic heterocycles. The molecule has 0 saturated heterocycles. The quantitative estimate of drug-likeness (QED) is 0.504. The van der Waals surface area contributed by atoms with Gasteiger partial charge in [0.2, 0.25) is 0 Å². The van der Waals surface area contributed by atoms with E-state index in [1.165, 1.54) is 19.2 Å². The number of non-ortho nitro benzene ring substituents is 1. The number of nitro groups is 1. The summed E-state index contributed by atoms with van der Waals surface area (Å²) in [5.41, 5.74) is 1.62. The maximum absolute atomic E-state index is 11.9. The Morgan fingerprint density at radius 2 is 1.82 bits per heavy atom. The molecular weight excluding hydrogens is 284 g/mol. The SMILES string of the molecule is COC(=O)C(Cc1ccccc1)Nc1ccc([N+](=O)[O-])cc1. The van der Waals surface area contributed by atoms with Crippen LogP contribution in [0, 0.1) is 10.1 Å². The normalized spacial score (nSPS) is 11.5. The third-order valence-electron chi connectivity index (χ3n) is 3.19. The zero-order valence-corrected chi connectivity index (χ0v) is 12.1. The molecular formula is C16H16N2O4. The maximum atomic E-state index is 11.9. The molecule has 22 heavy (non-hydrogen) atoms. The first-order valence-electron chi connectivity index (χ1n) is 6.73. The molecule has 0 fully saturated rings. The van der Waals surface area contributed by atoms with Crippen molar-refractivity contribution in [2.75, 3.05) is 12.4 Å². The first kappa shape index (κ1) is 15.5. The molecule has 2 aromatic rings. The number of benzene rings is 2. The van der Waals surface area contributed by atoms with Crippen LogP contribution in [0.4, 0.5) is 11.4 Å². The molecule has 0 amide bonds. The lowest BCUT2D eigenvalue weighted by molar-refractivity contribution is -0.384. The van der Waals surface area contributed by atoms with E-state index in [1.54, 1.807) is 12.1 Å². The van der Waals surface area contributed by atoms with Gasteiger partial charge in [0.15, 0.2) is 0 Å². The van der Waals surface area contributed by atoms with Crippen LogP contribution in [0.3, 0.4) is 0 Å². The Labute approximate surface area is 127 Å². The van der Waals surface area contributed by atoms with Gasteiger partial charge in [-0.15, -0.1) is 0 Å². The van der Waals surface area contributed by atoms with Gasteiger partial charge in [0.25, 0.3) is 5.69 Å². The zero-order valence-electron chi connectivity index (χ0n) is 12.1. The van der Waals surface area contributed by atoms with E-state index in [0.717, 1.165) is 5.56 Å². The maximum Gasteiger partial charge on any atom is 0.328 e. The molecule has 2 aromatic carbocycles. The van der Waals surface area contributed by atoms with Gasteiger partial charge < -0.3 is 10.1 Å². The number of methoxy groups -OCH3 is 1. The average molecular weight is 300 g/mol. The van der Waals surface area contributed by atoms with E-state index in [9.17, 15) is 14.9 Å². The van der Waals surface area contributed by atoms with Gasteiger partial charge in [-0.2, -0.15) is 0 Å². The molecule has 0 heterocycles. The number of carbonyl (C=O) groups excluding carboxylic acids is 1. The van der Waals surface area contributed by atoms with Crippen LogP contribution in [-0.4, -0.2) is 24.0 Å². The van der Waals surface area contributed by atoms with Crippen LogP contribution < -0.4 is 5.32 Å². The molecule has 6 heteroatoms. The van der Waals surface area contributed by atoms with Crippen LogP contribution in [0.1, 0.15) is 5.56 Å². The van der Waals surface area contributed by atoms with Crippen molar-refractivity contribution in [2.45, 2.75) is 12.5 Å². The molecule has 1 unspecified atom stereocenters. The van der Waals surface area contributed by atoms with Crippen molar-refractivity contribution in [2.24, 2.45) is 0 Å². The highest BCUT2D eigenvalue weighted by atomic mass is 16.6. The molecule has 1 atom stereocenters. The second-order valence-electron chi connectivity index (χ2n) is 4.71. The number of nitro benzene ring substituents is 1. The van der Waals surface area contributed by atoms with E-state index in [0.29, 0.717) is 12.1 Å². The van der Waals surface area contributed by atoms with Crippen molar-refractivity contribution in [3.63, 3.8) is 0 Å². The summed E-state index contributed by atoms with van der Waals surface area (Å²) in [5.74, 6) is -0.387. The van der Waals surface area contributed by atoms with Crippen LogP contribution in [0.25, 0.3) is 0 Å². The van der Waals surface area contributed by atoms with Crippen LogP contribution in [0.2, 0.25) is 0 Å². The van der Waals surface area contributed by atoms with Gasteiger partial charge in [-0.25, -0.2) is 4.79 Å². The van der Waals surface area contributed by atoms with Crippen molar-refractivity contribution < 1.29 is 14.5 Å². The predicted octanol–water partition coefficient (Wildman–Crippen LogP) is 2.79.